The van der Waals surface area contributed by atoms with Crippen LogP contribution in [0.1, 0.15) is 42.4 Å². The quantitative estimate of drug-likeness (QED) is 0.465. The summed E-state index contributed by atoms with van der Waals surface area (Å²) in [5.74, 6) is -0.719. The lowest BCUT2D eigenvalue weighted by atomic mass is 9.82. The summed E-state index contributed by atoms with van der Waals surface area (Å²) >= 11 is 0. The first kappa shape index (κ1) is 25.7. The van der Waals surface area contributed by atoms with Crippen molar-refractivity contribution in [1.82, 2.24) is 14.8 Å². The van der Waals surface area contributed by atoms with Crippen LogP contribution in [-0.4, -0.2) is 60.1 Å². The van der Waals surface area contributed by atoms with Gasteiger partial charge in [0.25, 0.3) is 5.91 Å². The molecule has 1 aliphatic heterocycles. The maximum Gasteiger partial charge on any atom is 0.513 e. The standard InChI is InChI=1S/C27H29FN4O5/c1-6-36-26(35)37-21-14-32(24(33)16-7-9-17(28)10-8-16)15-27(2,3)22-19-12-11-18(29-25(34)31(4)5)13-20(19)30-23(21)22/h7-14,30H,6,15H2,1-5H3,(H,29,34). The normalized spacial score (nSPS) is 14.3. The van der Waals surface area contributed by atoms with Gasteiger partial charge in [0, 0.05) is 48.2 Å². The van der Waals surface area contributed by atoms with Gasteiger partial charge in [-0.25, -0.2) is 14.0 Å². The number of halogens is 1. The van der Waals surface area contributed by atoms with Crippen LogP contribution >= 0.6 is 0 Å². The van der Waals surface area contributed by atoms with Crippen LogP contribution in [0.2, 0.25) is 0 Å². The van der Waals surface area contributed by atoms with Crippen molar-refractivity contribution in [1.29, 1.82) is 0 Å². The van der Waals surface area contributed by atoms with Crippen molar-refractivity contribution in [2.75, 3.05) is 32.6 Å². The fraction of sp³-hybridized carbons (Fsp3) is 0.296. The molecule has 2 N–H and O–H groups in total. The number of benzene rings is 2. The highest BCUT2D eigenvalue weighted by molar-refractivity contribution is 5.98. The lowest BCUT2D eigenvalue weighted by molar-refractivity contribution is 0.0788. The van der Waals surface area contributed by atoms with E-state index in [4.69, 9.17) is 9.47 Å². The molecule has 0 aliphatic carbocycles. The average molecular weight is 509 g/mol. The predicted octanol–water partition coefficient (Wildman–Crippen LogP) is 5.31. The Balaban J connectivity index is 1.82. The van der Waals surface area contributed by atoms with Gasteiger partial charge in [0.1, 0.15) is 5.82 Å². The van der Waals surface area contributed by atoms with Crippen LogP contribution < -0.4 is 5.32 Å². The van der Waals surface area contributed by atoms with E-state index in [1.54, 1.807) is 33.2 Å². The fourth-order valence-electron chi connectivity index (χ4n) is 4.36. The van der Waals surface area contributed by atoms with E-state index in [9.17, 15) is 18.8 Å². The molecular weight excluding hydrogens is 479 g/mol. The Bertz CT molecular complexity index is 1390. The Morgan fingerprint density at radius 1 is 1.14 bits per heavy atom. The summed E-state index contributed by atoms with van der Waals surface area (Å²) in [6.07, 6.45) is 0.548. The molecule has 194 valence electrons. The largest absolute Gasteiger partial charge is 0.513 e. The maximum absolute atomic E-state index is 13.4. The first-order chi connectivity index (χ1) is 17.5. The van der Waals surface area contributed by atoms with Crippen molar-refractivity contribution < 1.29 is 28.2 Å². The fourth-order valence-corrected chi connectivity index (χ4v) is 4.36. The SMILES string of the molecule is CCOC(=O)OC1=CN(C(=O)c2ccc(F)cc2)CC(C)(C)c2c1[nH]c1cc(NC(=O)N(C)C)ccc21. The number of nitrogens with one attached hydrogen (secondary N) is 2. The number of aromatic nitrogens is 1. The molecule has 2 heterocycles. The predicted molar refractivity (Wildman–Crippen MR) is 138 cm³/mol. The van der Waals surface area contributed by atoms with E-state index in [2.05, 4.69) is 10.3 Å². The number of H-pyrrole nitrogens is 1. The van der Waals surface area contributed by atoms with Crippen LogP contribution in [-0.2, 0) is 14.9 Å². The van der Waals surface area contributed by atoms with Crippen molar-refractivity contribution in [2.24, 2.45) is 0 Å². The van der Waals surface area contributed by atoms with Gasteiger partial charge in [-0.15, -0.1) is 0 Å². The highest BCUT2D eigenvalue weighted by atomic mass is 19.1. The first-order valence-corrected chi connectivity index (χ1v) is 11.8. The maximum atomic E-state index is 13.4. The molecule has 2 aromatic carbocycles. The summed E-state index contributed by atoms with van der Waals surface area (Å²) in [6, 6.07) is 10.4. The molecule has 0 saturated heterocycles. The average Bonchev–Trinajstić information content (AvgIpc) is 3.18. The Morgan fingerprint density at radius 2 is 1.84 bits per heavy atom. The molecule has 0 bridgehead atoms. The molecule has 37 heavy (non-hydrogen) atoms. The summed E-state index contributed by atoms with van der Waals surface area (Å²) < 4.78 is 24.0. The molecule has 1 aromatic heterocycles. The van der Waals surface area contributed by atoms with Gasteiger partial charge in [-0.1, -0.05) is 19.9 Å². The second-order valence-electron chi connectivity index (χ2n) is 9.56. The van der Waals surface area contributed by atoms with Crippen molar-refractivity contribution in [3.8, 4) is 0 Å². The molecule has 10 heteroatoms. The summed E-state index contributed by atoms with van der Waals surface area (Å²) in [5, 5.41) is 3.66. The third-order valence-corrected chi connectivity index (χ3v) is 6.03. The Kier molecular flexibility index (Phi) is 6.93. The number of nitrogens with zero attached hydrogens (tertiary/aromatic N) is 2. The Morgan fingerprint density at radius 3 is 2.49 bits per heavy atom. The minimum atomic E-state index is -0.911. The molecule has 0 spiro atoms. The molecule has 9 nitrogen and oxygen atoms in total. The van der Waals surface area contributed by atoms with Crippen molar-refractivity contribution in [2.45, 2.75) is 26.2 Å². The number of hydrogen-bond donors (Lipinski definition) is 2. The first-order valence-electron chi connectivity index (χ1n) is 11.8. The van der Waals surface area contributed by atoms with Crippen molar-refractivity contribution in [3.05, 3.63) is 71.3 Å². The molecule has 3 aromatic rings. The van der Waals surface area contributed by atoms with Crippen LogP contribution in [0.3, 0.4) is 0 Å². The minimum absolute atomic E-state index is 0.101. The molecule has 0 unspecified atom stereocenters. The van der Waals surface area contributed by atoms with E-state index in [0.717, 1.165) is 10.9 Å². The van der Waals surface area contributed by atoms with Gasteiger partial charge < -0.3 is 29.6 Å². The number of fused-ring (bicyclic) bond motifs is 3. The Hall–Kier alpha value is -4.34. The highest BCUT2D eigenvalue weighted by Gasteiger charge is 2.37. The van der Waals surface area contributed by atoms with E-state index in [1.807, 2.05) is 19.9 Å². The number of aromatic amines is 1. The molecule has 0 saturated carbocycles. The molecule has 1 aliphatic rings. The van der Waals surface area contributed by atoms with Crippen LogP contribution in [0.4, 0.5) is 19.7 Å². The van der Waals surface area contributed by atoms with Crippen molar-refractivity contribution in [3.63, 3.8) is 0 Å². The second kappa shape index (κ2) is 9.96. The van der Waals surface area contributed by atoms with Crippen LogP contribution in [0.15, 0.2) is 48.7 Å². The van der Waals surface area contributed by atoms with Crippen molar-refractivity contribution >= 4 is 40.4 Å². The third kappa shape index (κ3) is 5.28. The molecule has 0 fully saturated rings. The third-order valence-electron chi connectivity index (χ3n) is 6.03. The number of anilines is 1. The summed E-state index contributed by atoms with van der Waals surface area (Å²) in [7, 11) is 3.30. The van der Waals surface area contributed by atoms with E-state index in [-0.39, 0.29) is 30.8 Å². The van der Waals surface area contributed by atoms with Crippen LogP contribution in [0.25, 0.3) is 16.7 Å². The number of amides is 3. The second-order valence-corrected chi connectivity index (χ2v) is 9.56. The van der Waals surface area contributed by atoms with Gasteiger partial charge in [0.15, 0.2) is 5.76 Å². The summed E-state index contributed by atoms with van der Waals surface area (Å²) in [4.78, 5) is 44.0. The van der Waals surface area contributed by atoms with Gasteiger partial charge in [0.05, 0.1) is 18.5 Å². The van der Waals surface area contributed by atoms with Gasteiger partial charge in [-0.05, 0) is 48.9 Å². The van der Waals surface area contributed by atoms with Crippen LogP contribution in [0.5, 0.6) is 0 Å². The topological polar surface area (TPSA) is 104 Å². The molecule has 4 rings (SSSR count). The Labute approximate surface area is 213 Å². The number of carbonyl (C=O) groups is 3. The smallest absolute Gasteiger partial charge is 0.434 e. The number of hydrogen-bond acceptors (Lipinski definition) is 5. The lowest BCUT2D eigenvalue weighted by Gasteiger charge is -2.29. The lowest BCUT2D eigenvalue weighted by Crippen LogP contribution is -2.36. The number of rotatable bonds is 4. The number of carbonyl (C=O) groups excluding carboxylic acids is 3. The highest BCUT2D eigenvalue weighted by Crippen LogP contribution is 2.41. The van der Waals surface area contributed by atoms with Gasteiger partial charge >= 0.3 is 12.2 Å². The van der Waals surface area contributed by atoms with E-state index in [0.29, 0.717) is 22.5 Å². The van der Waals surface area contributed by atoms with Crippen LogP contribution in [0, 0.1) is 5.82 Å². The van der Waals surface area contributed by atoms with E-state index in [1.165, 1.54) is 40.3 Å². The summed E-state index contributed by atoms with van der Waals surface area (Å²) in [6.45, 7) is 5.98. The zero-order chi connectivity index (χ0) is 26.9. The molecule has 0 atom stereocenters. The number of urea groups is 1. The summed E-state index contributed by atoms with van der Waals surface area (Å²) in [5.41, 5.74) is 2.34. The molecule has 0 radical (unpaired) electrons. The zero-order valence-electron chi connectivity index (χ0n) is 21.3. The zero-order valence-corrected chi connectivity index (χ0v) is 21.3. The van der Waals surface area contributed by atoms with E-state index < -0.39 is 17.4 Å². The molecule has 3 amide bonds. The minimum Gasteiger partial charge on any atom is -0.434 e. The van der Waals surface area contributed by atoms with Gasteiger partial charge in [0.2, 0.25) is 0 Å². The molecular formula is C27H29FN4O5. The number of ether oxygens (including phenoxy) is 2. The van der Waals surface area contributed by atoms with Gasteiger partial charge in [-0.2, -0.15) is 0 Å². The monoisotopic (exact) mass is 508 g/mol. The van der Waals surface area contributed by atoms with Gasteiger partial charge in [-0.3, -0.25) is 4.79 Å². The van der Waals surface area contributed by atoms with E-state index >= 15 is 0 Å².